The Morgan fingerprint density at radius 1 is 1.14 bits per heavy atom. The van der Waals surface area contributed by atoms with Gasteiger partial charge in [-0.05, 0) is 54.1 Å². The van der Waals surface area contributed by atoms with Gasteiger partial charge in [-0.25, -0.2) is 0 Å². The van der Waals surface area contributed by atoms with Gasteiger partial charge in [0.1, 0.15) is 0 Å². The topological polar surface area (TPSA) is 18.5 Å². The van der Waals surface area contributed by atoms with E-state index in [0.717, 1.165) is 13.1 Å². The van der Waals surface area contributed by atoms with Gasteiger partial charge >= 0.3 is 0 Å². The molecular weight excluding hydrogens is 174 g/mol. The minimum Gasteiger partial charge on any atom is -0.315 e. The second-order valence-corrected chi connectivity index (χ2v) is 4.29. The Balaban J connectivity index is 3.46. The molecule has 0 radical (unpaired) electrons. The van der Waals surface area contributed by atoms with Crippen LogP contribution in [-0.2, 0) is 0 Å². The summed E-state index contributed by atoms with van der Waals surface area (Å²) >= 11 is 0. The number of nitrogens with one attached hydrogen (secondary N) is 1. The van der Waals surface area contributed by atoms with Crippen LogP contribution in [0.2, 0.25) is 0 Å². The minimum absolute atomic E-state index is 0.636. The van der Waals surface area contributed by atoms with E-state index in [-0.39, 0.29) is 0 Å². The Bertz CT molecular complexity index is 126. The Morgan fingerprint density at radius 3 is 2.29 bits per heavy atom. The van der Waals surface area contributed by atoms with Gasteiger partial charge in [-0.15, -0.1) is 0 Å². The fourth-order valence-electron chi connectivity index (χ4n) is 1.37. The summed E-state index contributed by atoms with van der Waals surface area (Å²) in [4.78, 5) is 4.66. The standard InChI is InChI=1S/C11H27N3/c1-6-12-10-11(2)14(5)9-7-8-13(3)4/h11-12H,6-10H2,1-5H3. The quantitative estimate of drug-likeness (QED) is 0.628. The number of rotatable bonds is 8. The molecule has 0 aromatic heterocycles. The zero-order valence-electron chi connectivity index (χ0n) is 10.5. The largest absolute Gasteiger partial charge is 0.315 e. The molecular formula is C11H27N3. The normalized spacial score (nSPS) is 13.9. The van der Waals surface area contributed by atoms with Gasteiger partial charge in [0, 0.05) is 12.6 Å². The second-order valence-electron chi connectivity index (χ2n) is 4.29. The van der Waals surface area contributed by atoms with Gasteiger partial charge in [0.25, 0.3) is 0 Å². The average molecular weight is 201 g/mol. The summed E-state index contributed by atoms with van der Waals surface area (Å²) in [6, 6.07) is 0.636. The maximum Gasteiger partial charge on any atom is 0.0189 e. The molecule has 1 unspecified atom stereocenters. The van der Waals surface area contributed by atoms with E-state index in [1.807, 2.05) is 0 Å². The van der Waals surface area contributed by atoms with Gasteiger partial charge in [-0.3, -0.25) is 0 Å². The third kappa shape index (κ3) is 7.30. The van der Waals surface area contributed by atoms with Crippen LogP contribution in [0.25, 0.3) is 0 Å². The van der Waals surface area contributed by atoms with Gasteiger partial charge in [-0.2, -0.15) is 0 Å². The number of hydrogen-bond donors (Lipinski definition) is 1. The minimum atomic E-state index is 0.636. The summed E-state index contributed by atoms with van der Waals surface area (Å²) in [5, 5.41) is 3.38. The van der Waals surface area contributed by atoms with Gasteiger partial charge < -0.3 is 15.1 Å². The highest BCUT2D eigenvalue weighted by Gasteiger charge is 2.07. The third-order valence-corrected chi connectivity index (χ3v) is 2.56. The van der Waals surface area contributed by atoms with E-state index in [4.69, 9.17) is 0 Å². The maximum atomic E-state index is 3.38. The highest BCUT2D eigenvalue weighted by atomic mass is 15.1. The van der Waals surface area contributed by atoms with Crippen LogP contribution >= 0.6 is 0 Å². The molecule has 0 aliphatic carbocycles. The predicted molar refractivity (Wildman–Crippen MR) is 63.8 cm³/mol. The first-order valence-electron chi connectivity index (χ1n) is 5.63. The van der Waals surface area contributed by atoms with Crippen molar-refractivity contribution in [2.75, 3.05) is 47.3 Å². The fraction of sp³-hybridized carbons (Fsp3) is 1.00. The van der Waals surface area contributed by atoms with Crippen molar-refractivity contribution in [2.45, 2.75) is 26.3 Å². The summed E-state index contributed by atoms with van der Waals surface area (Å²) in [5.74, 6) is 0. The lowest BCUT2D eigenvalue weighted by atomic mass is 10.2. The van der Waals surface area contributed by atoms with Crippen molar-refractivity contribution in [3.8, 4) is 0 Å². The van der Waals surface area contributed by atoms with E-state index >= 15 is 0 Å². The van der Waals surface area contributed by atoms with Crippen molar-refractivity contribution in [3.63, 3.8) is 0 Å². The molecule has 0 heterocycles. The van der Waals surface area contributed by atoms with Gasteiger partial charge in [0.15, 0.2) is 0 Å². The van der Waals surface area contributed by atoms with Crippen LogP contribution in [0, 0.1) is 0 Å². The van der Waals surface area contributed by atoms with Crippen LogP contribution in [-0.4, -0.2) is 63.2 Å². The Labute approximate surface area is 89.5 Å². The maximum absolute atomic E-state index is 3.38. The lowest BCUT2D eigenvalue weighted by Gasteiger charge is -2.25. The summed E-state index contributed by atoms with van der Waals surface area (Å²) in [6.45, 7) is 8.95. The first-order chi connectivity index (χ1) is 6.57. The molecule has 0 rings (SSSR count). The smallest absolute Gasteiger partial charge is 0.0189 e. The number of hydrogen-bond acceptors (Lipinski definition) is 3. The zero-order chi connectivity index (χ0) is 11.0. The van der Waals surface area contributed by atoms with E-state index < -0.39 is 0 Å². The van der Waals surface area contributed by atoms with Crippen LogP contribution in [0.1, 0.15) is 20.3 Å². The van der Waals surface area contributed by atoms with Crippen molar-refractivity contribution in [1.82, 2.24) is 15.1 Å². The van der Waals surface area contributed by atoms with Crippen LogP contribution in [0.4, 0.5) is 0 Å². The van der Waals surface area contributed by atoms with Crippen molar-refractivity contribution in [3.05, 3.63) is 0 Å². The van der Waals surface area contributed by atoms with E-state index in [1.54, 1.807) is 0 Å². The van der Waals surface area contributed by atoms with Crippen LogP contribution in [0.3, 0.4) is 0 Å². The summed E-state index contributed by atoms with van der Waals surface area (Å²) in [7, 11) is 6.46. The van der Waals surface area contributed by atoms with Crippen molar-refractivity contribution >= 4 is 0 Å². The molecule has 0 aromatic carbocycles. The molecule has 0 aliphatic heterocycles. The fourth-order valence-corrected chi connectivity index (χ4v) is 1.37. The molecule has 0 aliphatic rings. The predicted octanol–water partition coefficient (Wildman–Crippen LogP) is 0.868. The Morgan fingerprint density at radius 2 is 1.79 bits per heavy atom. The van der Waals surface area contributed by atoms with E-state index in [9.17, 15) is 0 Å². The zero-order valence-corrected chi connectivity index (χ0v) is 10.5. The molecule has 0 bridgehead atoms. The molecule has 0 saturated carbocycles. The Kier molecular flexibility index (Phi) is 8.14. The molecule has 14 heavy (non-hydrogen) atoms. The SMILES string of the molecule is CCNCC(C)N(C)CCCN(C)C. The van der Waals surface area contributed by atoms with E-state index in [0.29, 0.717) is 6.04 Å². The molecule has 0 fully saturated rings. The second kappa shape index (κ2) is 8.21. The summed E-state index contributed by atoms with van der Waals surface area (Å²) in [5.41, 5.74) is 0. The third-order valence-electron chi connectivity index (χ3n) is 2.56. The molecule has 0 aromatic rings. The number of likely N-dealkylation sites (N-methyl/N-ethyl adjacent to an activating group) is 2. The monoisotopic (exact) mass is 201 g/mol. The lowest BCUT2D eigenvalue weighted by molar-refractivity contribution is 0.237. The Hall–Kier alpha value is -0.120. The molecule has 86 valence electrons. The van der Waals surface area contributed by atoms with Crippen molar-refractivity contribution < 1.29 is 0 Å². The average Bonchev–Trinajstić information content (AvgIpc) is 2.13. The summed E-state index contributed by atoms with van der Waals surface area (Å²) in [6.07, 6.45) is 1.25. The van der Waals surface area contributed by atoms with Gasteiger partial charge in [0.2, 0.25) is 0 Å². The molecule has 1 N–H and O–H groups in total. The highest BCUT2D eigenvalue weighted by molar-refractivity contribution is 4.65. The molecule has 3 heteroatoms. The van der Waals surface area contributed by atoms with Crippen LogP contribution in [0.15, 0.2) is 0 Å². The van der Waals surface area contributed by atoms with Crippen LogP contribution < -0.4 is 5.32 Å². The molecule has 0 spiro atoms. The van der Waals surface area contributed by atoms with Crippen LogP contribution in [0.5, 0.6) is 0 Å². The van der Waals surface area contributed by atoms with Gasteiger partial charge in [-0.1, -0.05) is 6.92 Å². The first-order valence-corrected chi connectivity index (χ1v) is 5.63. The van der Waals surface area contributed by atoms with Crippen molar-refractivity contribution in [2.24, 2.45) is 0 Å². The van der Waals surface area contributed by atoms with Gasteiger partial charge in [0.05, 0.1) is 0 Å². The van der Waals surface area contributed by atoms with E-state index in [1.165, 1.54) is 19.5 Å². The highest BCUT2D eigenvalue weighted by Crippen LogP contribution is 1.96. The van der Waals surface area contributed by atoms with E-state index in [2.05, 4.69) is 50.1 Å². The molecule has 3 nitrogen and oxygen atoms in total. The molecule has 1 atom stereocenters. The number of nitrogens with zero attached hydrogens (tertiary/aromatic N) is 2. The molecule has 0 amide bonds. The summed E-state index contributed by atoms with van der Waals surface area (Å²) < 4.78 is 0. The lowest BCUT2D eigenvalue weighted by Crippen LogP contribution is -2.39. The molecule has 0 saturated heterocycles. The van der Waals surface area contributed by atoms with Crippen molar-refractivity contribution in [1.29, 1.82) is 0 Å². The first kappa shape index (κ1) is 13.9.